The summed E-state index contributed by atoms with van der Waals surface area (Å²) < 4.78 is 14.7. The van der Waals surface area contributed by atoms with Crippen molar-refractivity contribution in [2.24, 2.45) is 0 Å². The van der Waals surface area contributed by atoms with E-state index in [-0.39, 0.29) is 18.0 Å². The Morgan fingerprint density at radius 2 is 1.80 bits per heavy atom. The average Bonchev–Trinajstić information content (AvgIpc) is 2.98. The maximum Gasteiger partial charge on any atom is 0.269 e. The Labute approximate surface area is 143 Å². The zero-order valence-corrected chi connectivity index (χ0v) is 13.6. The van der Waals surface area contributed by atoms with Crippen LogP contribution in [0.25, 0.3) is 11.0 Å². The second-order valence-corrected chi connectivity index (χ2v) is 5.47. The van der Waals surface area contributed by atoms with E-state index in [1.54, 1.807) is 0 Å². The van der Waals surface area contributed by atoms with Gasteiger partial charge in [0, 0.05) is 12.0 Å². The second kappa shape index (κ2) is 7.12. The lowest BCUT2D eigenvalue weighted by molar-refractivity contribution is -0.122. The molecule has 0 unspecified atom stereocenters. The molecule has 0 fully saturated rings. The first-order chi connectivity index (χ1) is 12.1. The molecule has 6 nitrogen and oxygen atoms in total. The number of carbonyl (C=O) groups is 2. The number of nitrogens with zero attached hydrogens (tertiary/aromatic N) is 2. The Morgan fingerprint density at radius 1 is 1.08 bits per heavy atom. The van der Waals surface area contributed by atoms with Gasteiger partial charge in [-0.15, -0.1) is 0 Å². The van der Waals surface area contributed by atoms with Crippen LogP contribution in [0.3, 0.4) is 0 Å². The fourth-order valence-corrected chi connectivity index (χ4v) is 2.55. The molecule has 1 aromatic heterocycles. The van der Waals surface area contributed by atoms with Crippen LogP contribution in [0.15, 0.2) is 48.5 Å². The number of aryl methyl sites for hydroxylation is 1. The van der Waals surface area contributed by atoms with E-state index < -0.39 is 11.7 Å². The van der Waals surface area contributed by atoms with Crippen molar-refractivity contribution in [3.8, 4) is 0 Å². The van der Waals surface area contributed by atoms with Crippen molar-refractivity contribution in [1.29, 1.82) is 0 Å². The number of nitrogens with one attached hydrogen (secondary N) is 2. The molecule has 0 bridgehead atoms. The van der Waals surface area contributed by atoms with Crippen molar-refractivity contribution in [2.45, 2.75) is 19.9 Å². The number of imidazole rings is 1. The minimum atomic E-state index is -0.514. The topological polar surface area (TPSA) is 76.0 Å². The van der Waals surface area contributed by atoms with Gasteiger partial charge in [-0.05, 0) is 36.4 Å². The maximum atomic E-state index is 12.9. The van der Waals surface area contributed by atoms with Crippen LogP contribution in [-0.2, 0) is 17.8 Å². The van der Waals surface area contributed by atoms with Gasteiger partial charge in [-0.2, -0.15) is 0 Å². The van der Waals surface area contributed by atoms with Crippen LogP contribution in [-0.4, -0.2) is 21.4 Å². The van der Waals surface area contributed by atoms with E-state index >= 15 is 0 Å². The van der Waals surface area contributed by atoms with E-state index in [4.69, 9.17) is 0 Å². The van der Waals surface area contributed by atoms with Crippen LogP contribution < -0.4 is 10.9 Å². The molecule has 25 heavy (non-hydrogen) atoms. The highest BCUT2D eigenvalue weighted by molar-refractivity contribution is 5.95. The molecular formula is C18H17FN4O2. The highest BCUT2D eigenvalue weighted by Gasteiger charge is 2.13. The molecule has 7 heteroatoms. The molecule has 3 rings (SSSR count). The third kappa shape index (κ3) is 3.65. The van der Waals surface area contributed by atoms with Gasteiger partial charge in [0.2, 0.25) is 0 Å². The monoisotopic (exact) mass is 340 g/mol. The summed E-state index contributed by atoms with van der Waals surface area (Å²) in [4.78, 5) is 28.6. The number of halogens is 1. The molecule has 0 saturated carbocycles. The summed E-state index contributed by atoms with van der Waals surface area (Å²) in [6, 6.07) is 12.6. The molecular weight excluding hydrogens is 323 g/mol. The molecule has 3 aromatic rings. The Balaban J connectivity index is 1.67. The summed E-state index contributed by atoms with van der Waals surface area (Å²) in [7, 11) is 0. The lowest BCUT2D eigenvalue weighted by Crippen LogP contribution is -2.43. The highest BCUT2D eigenvalue weighted by Crippen LogP contribution is 2.16. The normalized spacial score (nSPS) is 10.6. The molecule has 1 heterocycles. The molecule has 2 amide bonds. The summed E-state index contributed by atoms with van der Waals surface area (Å²) in [5.41, 5.74) is 6.63. The molecule has 2 N–H and O–H groups in total. The van der Waals surface area contributed by atoms with Crippen molar-refractivity contribution in [1.82, 2.24) is 20.4 Å². The minimum Gasteiger partial charge on any atom is -0.318 e. The first kappa shape index (κ1) is 16.6. The summed E-state index contributed by atoms with van der Waals surface area (Å²) in [6.07, 6.45) is 0.684. The fourth-order valence-electron chi connectivity index (χ4n) is 2.55. The van der Waals surface area contributed by atoms with Gasteiger partial charge in [0.1, 0.15) is 18.2 Å². The summed E-state index contributed by atoms with van der Waals surface area (Å²) >= 11 is 0. The highest BCUT2D eigenvalue weighted by atomic mass is 19.1. The zero-order chi connectivity index (χ0) is 17.8. The molecule has 0 spiro atoms. The third-order valence-corrected chi connectivity index (χ3v) is 3.77. The van der Waals surface area contributed by atoms with E-state index in [0.29, 0.717) is 6.42 Å². The fraction of sp³-hybridized carbons (Fsp3) is 0.167. The van der Waals surface area contributed by atoms with Crippen molar-refractivity contribution >= 4 is 22.8 Å². The molecule has 0 atom stereocenters. The molecule has 2 aromatic carbocycles. The molecule has 0 aliphatic heterocycles. The smallest absolute Gasteiger partial charge is 0.269 e. The number of amides is 2. The van der Waals surface area contributed by atoms with Crippen LogP contribution in [0, 0.1) is 5.82 Å². The minimum absolute atomic E-state index is 0.0351. The van der Waals surface area contributed by atoms with Gasteiger partial charge in [0.15, 0.2) is 0 Å². The number of hydrazine groups is 1. The number of hydrogen-bond donors (Lipinski definition) is 2. The summed E-state index contributed by atoms with van der Waals surface area (Å²) in [5.74, 6) is -0.534. The Kier molecular flexibility index (Phi) is 4.74. The summed E-state index contributed by atoms with van der Waals surface area (Å²) in [5, 5.41) is 0. The van der Waals surface area contributed by atoms with E-state index in [0.717, 1.165) is 16.9 Å². The van der Waals surface area contributed by atoms with Crippen LogP contribution in [0.5, 0.6) is 0 Å². The van der Waals surface area contributed by atoms with Crippen molar-refractivity contribution in [3.63, 3.8) is 0 Å². The van der Waals surface area contributed by atoms with Crippen molar-refractivity contribution in [3.05, 3.63) is 65.7 Å². The van der Waals surface area contributed by atoms with Gasteiger partial charge < -0.3 is 4.57 Å². The number of para-hydroxylation sites is 2. The van der Waals surface area contributed by atoms with Gasteiger partial charge >= 0.3 is 0 Å². The van der Waals surface area contributed by atoms with Gasteiger partial charge in [-0.25, -0.2) is 9.37 Å². The van der Waals surface area contributed by atoms with Gasteiger partial charge in [0.05, 0.1) is 11.0 Å². The zero-order valence-electron chi connectivity index (χ0n) is 13.6. The molecule has 128 valence electrons. The van der Waals surface area contributed by atoms with Crippen LogP contribution in [0.2, 0.25) is 0 Å². The molecule has 0 aliphatic rings. The molecule has 0 aliphatic carbocycles. The predicted molar refractivity (Wildman–Crippen MR) is 91.1 cm³/mol. The number of benzene rings is 2. The average molecular weight is 340 g/mol. The molecule has 0 saturated heterocycles. The van der Waals surface area contributed by atoms with Crippen molar-refractivity contribution in [2.75, 3.05) is 0 Å². The predicted octanol–water partition coefficient (Wildman–Crippen LogP) is 2.20. The van der Waals surface area contributed by atoms with E-state index in [9.17, 15) is 14.0 Å². The quantitative estimate of drug-likeness (QED) is 0.715. The van der Waals surface area contributed by atoms with Crippen LogP contribution >= 0.6 is 0 Å². The van der Waals surface area contributed by atoms with Crippen LogP contribution in [0.4, 0.5) is 4.39 Å². The van der Waals surface area contributed by atoms with E-state index in [1.165, 1.54) is 24.3 Å². The standard InChI is InChI=1S/C18H17FN4O2/c1-2-16-20-14-5-3-4-6-15(14)23(16)11-17(24)21-22-18(25)12-7-9-13(19)10-8-12/h3-10H,2,11H2,1H3,(H,21,24)(H,22,25). The van der Waals surface area contributed by atoms with E-state index in [1.807, 2.05) is 35.8 Å². The first-order valence-corrected chi connectivity index (χ1v) is 7.87. The number of carbonyl (C=O) groups excluding carboxylic acids is 2. The van der Waals surface area contributed by atoms with E-state index in [2.05, 4.69) is 15.8 Å². The van der Waals surface area contributed by atoms with Crippen LogP contribution in [0.1, 0.15) is 23.1 Å². The SMILES string of the molecule is CCc1nc2ccccc2n1CC(=O)NNC(=O)c1ccc(F)cc1. The van der Waals surface area contributed by atoms with Gasteiger partial charge in [-0.1, -0.05) is 19.1 Å². The Hall–Kier alpha value is -3.22. The second-order valence-electron chi connectivity index (χ2n) is 5.47. The number of aromatic nitrogens is 2. The Morgan fingerprint density at radius 3 is 2.52 bits per heavy atom. The maximum absolute atomic E-state index is 12.9. The Bertz CT molecular complexity index is 918. The van der Waals surface area contributed by atoms with Crippen molar-refractivity contribution < 1.29 is 14.0 Å². The lowest BCUT2D eigenvalue weighted by atomic mass is 10.2. The number of fused-ring (bicyclic) bond motifs is 1. The first-order valence-electron chi connectivity index (χ1n) is 7.87. The number of hydrogen-bond acceptors (Lipinski definition) is 3. The largest absolute Gasteiger partial charge is 0.318 e. The molecule has 0 radical (unpaired) electrons. The lowest BCUT2D eigenvalue weighted by Gasteiger charge is -2.10. The third-order valence-electron chi connectivity index (χ3n) is 3.77. The van der Waals surface area contributed by atoms with Gasteiger partial charge in [-0.3, -0.25) is 20.4 Å². The van der Waals surface area contributed by atoms with Gasteiger partial charge in [0.25, 0.3) is 11.8 Å². The summed E-state index contributed by atoms with van der Waals surface area (Å²) in [6.45, 7) is 2.00. The number of rotatable bonds is 4.